The number of piperazine rings is 1. The summed E-state index contributed by atoms with van der Waals surface area (Å²) in [4.78, 5) is 30.5. The van der Waals surface area contributed by atoms with Crippen LogP contribution in [0, 0.1) is 17.1 Å². The zero-order valence-corrected chi connectivity index (χ0v) is 21.9. The van der Waals surface area contributed by atoms with Crippen molar-refractivity contribution in [1.29, 1.82) is 5.26 Å². The van der Waals surface area contributed by atoms with E-state index in [9.17, 15) is 14.0 Å². The lowest BCUT2D eigenvalue weighted by Crippen LogP contribution is -2.55. The Hall–Kier alpha value is -3.32. The molecule has 2 fully saturated rings. The molecule has 2 aliphatic rings. The second kappa shape index (κ2) is 13.5. The first-order valence-corrected chi connectivity index (χ1v) is 13.3. The van der Waals surface area contributed by atoms with Crippen molar-refractivity contribution < 1.29 is 18.7 Å². The van der Waals surface area contributed by atoms with E-state index >= 15 is 0 Å². The van der Waals surface area contributed by atoms with Crippen molar-refractivity contribution >= 4 is 11.8 Å². The van der Waals surface area contributed by atoms with Crippen molar-refractivity contribution in [3.63, 3.8) is 0 Å². The standard InChI is InChI=1S/C29H36FN5O3/c1-38-18-17-34-13-15-35(16-14-34)29(37)26(33-28(36)23-6-4-21(20-31)5-7-23)3-2-12-32-27-19-25(27)22-8-10-24(30)11-9-22/h4-11,25-27,32H,2-3,12-19H2,1H3,(H,33,36)/t25-,26-,27+/m0/s1. The summed E-state index contributed by atoms with van der Waals surface area (Å²) in [6, 6.07) is 14.8. The Kier molecular flexibility index (Phi) is 9.82. The van der Waals surface area contributed by atoms with Gasteiger partial charge in [0.15, 0.2) is 0 Å². The predicted molar refractivity (Wildman–Crippen MR) is 142 cm³/mol. The fraction of sp³-hybridized carbons (Fsp3) is 0.483. The van der Waals surface area contributed by atoms with Crippen LogP contribution in [0.15, 0.2) is 48.5 Å². The largest absolute Gasteiger partial charge is 0.383 e. The highest BCUT2D eigenvalue weighted by atomic mass is 19.1. The molecule has 1 aliphatic carbocycles. The topological polar surface area (TPSA) is 97.7 Å². The van der Waals surface area contributed by atoms with Crippen molar-refractivity contribution in [1.82, 2.24) is 20.4 Å². The molecule has 0 unspecified atom stereocenters. The van der Waals surface area contributed by atoms with E-state index in [4.69, 9.17) is 10.00 Å². The summed E-state index contributed by atoms with van der Waals surface area (Å²) in [6.07, 6.45) is 2.26. The van der Waals surface area contributed by atoms with Gasteiger partial charge in [0.25, 0.3) is 5.91 Å². The molecule has 1 heterocycles. The Morgan fingerprint density at radius 2 is 1.82 bits per heavy atom. The molecule has 3 atom stereocenters. The van der Waals surface area contributed by atoms with Crippen LogP contribution in [0.25, 0.3) is 0 Å². The zero-order valence-electron chi connectivity index (χ0n) is 21.9. The molecule has 202 valence electrons. The maximum absolute atomic E-state index is 13.5. The average molecular weight is 522 g/mol. The van der Waals surface area contributed by atoms with Gasteiger partial charge >= 0.3 is 0 Å². The molecule has 0 radical (unpaired) electrons. The minimum absolute atomic E-state index is 0.0611. The van der Waals surface area contributed by atoms with Crippen LogP contribution in [-0.4, -0.2) is 86.7 Å². The lowest BCUT2D eigenvalue weighted by Gasteiger charge is -2.36. The van der Waals surface area contributed by atoms with Crippen molar-refractivity contribution in [2.24, 2.45) is 0 Å². The molecule has 8 nitrogen and oxygen atoms in total. The third kappa shape index (κ3) is 7.60. The van der Waals surface area contributed by atoms with Crippen LogP contribution in [0.1, 0.15) is 46.7 Å². The molecular weight excluding hydrogens is 485 g/mol. The van der Waals surface area contributed by atoms with Gasteiger partial charge < -0.3 is 20.3 Å². The highest BCUT2D eigenvalue weighted by molar-refractivity contribution is 5.97. The number of amides is 2. The molecule has 4 rings (SSSR count). The van der Waals surface area contributed by atoms with E-state index in [1.54, 1.807) is 31.4 Å². The molecule has 0 spiro atoms. The van der Waals surface area contributed by atoms with Crippen LogP contribution in [0.3, 0.4) is 0 Å². The molecule has 9 heteroatoms. The maximum Gasteiger partial charge on any atom is 0.251 e. The molecular formula is C29H36FN5O3. The summed E-state index contributed by atoms with van der Waals surface area (Å²) in [7, 11) is 1.68. The summed E-state index contributed by atoms with van der Waals surface area (Å²) < 4.78 is 18.4. The van der Waals surface area contributed by atoms with Gasteiger partial charge in [-0.25, -0.2) is 4.39 Å². The van der Waals surface area contributed by atoms with Crippen molar-refractivity contribution in [3.8, 4) is 6.07 Å². The van der Waals surface area contributed by atoms with Gasteiger partial charge in [-0.05, 0) is 67.8 Å². The Balaban J connectivity index is 1.31. The molecule has 2 N–H and O–H groups in total. The van der Waals surface area contributed by atoms with Gasteiger partial charge in [0.1, 0.15) is 11.9 Å². The number of hydrogen-bond donors (Lipinski definition) is 2. The number of rotatable bonds is 12. The van der Waals surface area contributed by atoms with E-state index in [1.165, 1.54) is 12.1 Å². The number of hydrogen-bond acceptors (Lipinski definition) is 6. The van der Waals surface area contributed by atoms with E-state index in [0.29, 0.717) is 49.2 Å². The zero-order chi connectivity index (χ0) is 26.9. The number of nitrogens with zero attached hydrogens (tertiary/aromatic N) is 3. The van der Waals surface area contributed by atoms with Gasteiger partial charge in [-0.15, -0.1) is 0 Å². The third-order valence-electron chi connectivity index (χ3n) is 7.34. The van der Waals surface area contributed by atoms with Gasteiger partial charge in [-0.3, -0.25) is 14.5 Å². The smallest absolute Gasteiger partial charge is 0.251 e. The van der Waals surface area contributed by atoms with Crippen LogP contribution < -0.4 is 10.6 Å². The average Bonchev–Trinajstić information content (AvgIpc) is 3.73. The van der Waals surface area contributed by atoms with Crippen molar-refractivity contribution in [3.05, 3.63) is 71.0 Å². The third-order valence-corrected chi connectivity index (χ3v) is 7.34. The highest BCUT2D eigenvalue weighted by Gasteiger charge is 2.37. The van der Waals surface area contributed by atoms with Gasteiger partial charge in [-0.2, -0.15) is 5.26 Å². The first-order valence-electron chi connectivity index (χ1n) is 13.3. The van der Waals surface area contributed by atoms with Crippen LogP contribution in [-0.2, 0) is 9.53 Å². The minimum atomic E-state index is -0.627. The van der Waals surface area contributed by atoms with E-state index in [2.05, 4.69) is 15.5 Å². The van der Waals surface area contributed by atoms with Crippen molar-refractivity contribution in [2.45, 2.75) is 37.3 Å². The van der Waals surface area contributed by atoms with Gasteiger partial charge in [0.2, 0.25) is 5.91 Å². The second-order valence-corrected chi connectivity index (χ2v) is 9.97. The Morgan fingerprint density at radius 3 is 2.47 bits per heavy atom. The normalized spacial score (nSPS) is 20.0. The lowest BCUT2D eigenvalue weighted by atomic mass is 10.1. The monoisotopic (exact) mass is 521 g/mol. The number of halogens is 1. The predicted octanol–water partition coefficient (Wildman–Crippen LogP) is 2.51. The fourth-order valence-corrected chi connectivity index (χ4v) is 4.92. The Bertz CT molecular complexity index is 1110. The molecule has 2 aromatic rings. The van der Waals surface area contributed by atoms with Crippen LogP contribution >= 0.6 is 0 Å². The summed E-state index contributed by atoms with van der Waals surface area (Å²) in [5, 5.41) is 15.5. The van der Waals surface area contributed by atoms with E-state index in [-0.39, 0.29) is 17.6 Å². The highest BCUT2D eigenvalue weighted by Crippen LogP contribution is 2.40. The molecule has 1 saturated carbocycles. The molecule has 0 bridgehead atoms. The van der Waals surface area contributed by atoms with Crippen LogP contribution in [0.2, 0.25) is 0 Å². The molecule has 38 heavy (non-hydrogen) atoms. The summed E-state index contributed by atoms with van der Waals surface area (Å²) in [5.41, 5.74) is 2.03. The summed E-state index contributed by atoms with van der Waals surface area (Å²) in [6.45, 7) is 5.01. The van der Waals surface area contributed by atoms with Gasteiger partial charge in [-0.1, -0.05) is 12.1 Å². The van der Waals surface area contributed by atoms with Crippen LogP contribution in [0.5, 0.6) is 0 Å². The number of carbonyl (C=O) groups is 2. The molecule has 1 aliphatic heterocycles. The number of methoxy groups -OCH3 is 1. The maximum atomic E-state index is 13.5. The lowest BCUT2D eigenvalue weighted by molar-refractivity contribution is -0.135. The summed E-state index contributed by atoms with van der Waals surface area (Å²) >= 11 is 0. The van der Waals surface area contributed by atoms with E-state index in [1.807, 2.05) is 23.1 Å². The van der Waals surface area contributed by atoms with Gasteiger partial charge in [0, 0.05) is 57.4 Å². The van der Waals surface area contributed by atoms with Gasteiger partial charge in [0.05, 0.1) is 18.2 Å². The Morgan fingerprint density at radius 1 is 1.11 bits per heavy atom. The van der Waals surface area contributed by atoms with Crippen molar-refractivity contribution in [2.75, 3.05) is 53.0 Å². The number of ether oxygens (including phenoxy) is 1. The van der Waals surface area contributed by atoms with E-state index in [0.717, 1.165) is 44.6 Å². The quantitative estimate of drug-likeness (QED) is 0.417. The first-order chi connectivity index (χ1) is 18.5. The number of nitriles is 1. The number of benzene rings is 2. The molecule has 1 saturated heterocycles. The molecule has 2 aromatic carbocycles. The second-order valence-electron chi connectivity index (χ2n) is 9.97. The first kappa shape index (κ1) is 27.7. The number of carbonyl (C=O) groups excluding carboxylic acids is 2. The molecule has 2 amide bonds. The minimum Gasteiger partial charge on any atom is -0.383 e. The fourth-order valence-electron chi connectivity index (χ4n) is 4.92. The number of nitrogens with one attached hydrogen (secondary N) is 2. The van der Waals surface area contributed by atoms with E-state index < -0.39 is 6.04 Å². The summed E-state index contributed by atoms with van der Waals surface area (Å²) in [5.74, 6) is -0.223. The Labute approximate surface area is 223 Å². The van der Waals surface area contributed by atoms with Crippen LogP contribution in [0.4, 0.5) is 4.39 Å². The SMILES string of the molecule is COCCN1CCN(C(=O)[C@H](CCCN[C@@H]2C[C@H]2c2ccc(F)cc2)NC(=O)c2ccc(C#N)cc2)CC1. The molecule has 0 aromatic heterocycles.